The van der Waals surface area contributed by atoms with Crippen LogP contribution in [0.25, 0.3) is 0 Å². The lowest BCUT2D eigenvalue weighted by Crippen LogP contribution is -2.66. The van der Waals surface area contributed by atoms with Crippen LogP contribution in [-0.4, -0.2) is 78.9 Å². The number of ether oxygens (including phenoxy) is 1. The summed E-state index contributed by atoms with van der Waals surface area (Å²) in [5.41, 5.74) is 2.16. The fraction of sp³-hybridized carbons (Fsp3) is 0.619. The van der Waals surface area contributed by atoms with Crippen molar-refractivity contribution in [3.05, 3.63) is 23.8 Å². The van der Waals surface area contributed by atoms with Crippen molar-refractivity contribution in [3.63, 3.8) is 0 Å². The molecule has 8 nitrogen and oxygen atoms in total. The molecule has 0 aromatic heterocycles. The number of hydrogen-bond acceptors (Lipinski definition) is 6. The molecule has 29 heavy (non-hydrogen) atoms. The topological polar surface area (TPSA) is 68.4 Å². The van der Waals surface area contributed by atoms with Crippen LogP contribution in [0.1, 0.15) is 25.8 Å². The number of nitrogens with zero attached hydrogens (tertiary/aromatic N) is 4. The van der Waals surface area contributed by atoms with E-state index in [-0.39, 0.29) is 30.4 Å². The van der Waals surface area contributed by atoms with E-state index in [0.717, 1.165) is 36.5 Å². The van der Waals surface area contributed by atoms with Crippen molar-refractivity contribution in [1.29, 1.82) is 0 Å². The van der Waals surface area contributed by atoms with Crippen LogP contribution in [0.3, 0.4) is 0 Å². The average molecular weight is 402 g/mol. The number of anilines is 1. The number of carbonyl (C=O) groups excluding carboxylic acids is 2. The third-order valence-electron chi connectivity index (χ3n) is 6.18. The first-order valence-corrected chi connectivity index (χ1v) is 10.4. The summed E-state index contributed by atoms with van der Waals surface area (Å²) in [6.07, 6.45) is 0.247. The van der Waals surface area contributed by atoms with Gasteiger partial charge in [0.25, 0.3) is 5.91 Å². The Morgan fingerprint density at radius 1 is 1.24 bits per heavy atom. The first-order valence-electron chi connectivity index (χ1n) is 10.4. The second-order valence-corrected chi connectivity index (χ2v) is 8.44. The average Bonchev–Trinajstić information content (AvgIpc) is 3.08. The van der Waals surface area contributed by atoms with E-state index in [9.17, 15) is 9.59 Å². The molecule has 1 N–H and O–H groups in total. The predicted octanol–water partition coefficient (Wildman–Crippen LogP) is 1.65. The number of fused-ring (bicyclic) bond motifs is 3. The molecule has 3 aliphatic rings. The van der Waals surface area contributed by atoms with Gasteiger partial charge in [0, 0.05) is 26.7 Å². The number of aryl methyl sites for hydroxylation is 1. The maximum Gasteiger partial charge on any atom is 0.327 e. The van der Waals surface area contributed by atoms with Crippen LogP contribution in [0.2, 0.25) is 0 Å². The predicted molar refractivity (Wildman–Crippen MR) is 111 cm³/mol. The normalized spacial score (nSPS) is 29.9. The standard InChI is InChI=1S/C21H31N5O3/c1-6-9-24-19(27)17-18(23(4)21(24)28)22-20-25(11-14(3)12-26(17)20)15-10-13(2)7-8-16(15)29-5/h7-8,10,14,17-18,20,22H,6,9,11-12H2,1-5H3. The van der Waals surface area contributed by atoms with Crippen molar-refractivity contribution >= 4 is 17.6 Å². The maximum atomic E-state index is 13.3. The summed E-state index contributed by atoms with van der Waals surface area (Å²) >= 11 is 0. The SMILES string of the molecule is CCCN1C(=O)C2C(NC3N(c4cc(C)ccc4OC)CC(C)CN23)N(C)C1=O. The highest BCUT2D eigenvalue weighted by Crippen LogP contribution is 2.38. The van der Waals surface area contributed by atoms with E-state index in [4.69, 9.17) is 4.74 Å². The number of likely N-dealkylation sites (N-methyl/N-ethyl adjacent to an activating group) is 1. The van der Waals surface area contributed by atoms with Gasteiger partial charge in [-0.3, -0.25) is 19.9 Å². The number of urea groups is 1. The Morgan fingerprint density at radius 2 is 2.00 bits per heavy atom. The van der Waals surface area contributed by atoms with Gasteiger partial charge in [0.2, 0.25) is 0 Å². The highest BCUT2D eigenvalue weighted by atomic mass is 16.5. The molecular formula is C21H31N5O3. The molecule has 4 atom stereocenters. The van der Waals surface area contributed by atoms with Gasteiger partial charge < -0.3 is 14.5 Å². The molecule has 3 amide bonds. The molecule has 0 spiro atoms. The number of imide groups is 1. The van der Waals surface area contributed by atoms with Crippen molar-refractivity contribution in [1.82, 2.24) is 20.0 Å². The fourth-order valence-corrected chi connectivity index (χ4v) is 4.86. The van der Waals surface area contributed by atoms with Crippen LogP contribution in [0, 0.1) is 12.8 Å². The zero-order valence-corrected chi connectivity index (χ0v) is 17.9. The molecule has 0 radical (unpaired) electrons. The van der Waals surface area contributed by atoms with Crippen molar-refractivity contribution < 1.29 is 14.3 Å². The molecule has 8 heteroatoms. The monoisotopic (exact) mass is 401 g/mol. The van der Waals surface area contributed by atoms with E-state index in [1.807, 2.05) is 19.1 Å². The first kappa shape index (κ1) is 20.0. The lowest BCUT2D eigenvalue weighted by atomic mass is 10.0. The van der Waals surface area contributed by atoms with Crippen molar-refractivity contribution in [3.8, 4) is 5.75 Å². The van der Waals surface area contributed by atoms with E-state index >= 15 is 0 Å². The van der Waals surface area contributed by atoms with Crippen molar-refractivity contribution in [2.75, 3.05) is 38.7 Å². The summed E-state index contributed by atoms with van der Waals surface area (Å²) < 4.78 is 5.64. The van der Waals surface area contributed by atoms with Gasteiger partial charge in [-0.1, -0.05) is 19.9 Å². The minimum Gasteiger partial charge on any atom is -0.495 e. The molecule has 1 aromatic carbocycles. The molecule has 4 unspecified atom stereocenters. The zero-order valence-electron chi connectivity index (χ0n) is 17.9. The van der Waals surface area contributed by atoms with Gasteiger partial charge in [0.1, 0.15) is 24.2 Å². The molecule has 0 bridgehead atoms. The summed E-state index contributed by atoms with van der Waals surface area (Å²) in [6.45, 7) is 8.35. The van der Waals surface area contributed by atoms with Gasteiger partial charge in [-0.25, -0.2) is 4.79 Å². The number of nitrogens with one attached hydrogen (secondary N) is 1. The molecule has 3 saturated heterocycles. The lowest BCUT2D eigenvalue weighted by Gasteiger charge is -2.46. The van der Waals surface area contributed by atoms with E-state index in [1.165, 1.54) is 4.90 Å². The highest BCUT2D eigenvalue weighted by Gasteiger charge is 2.56. The highest BCUT2D eigenvalue weighted by molar-refractivity contribution is 6.00. The van der Waals surface area contributed by atoms with Gasteiger partial charge in [-0.2, -0.15) is 0 Å². The quantitative estimate of drug-likeness (QED) is 0.828. The van der Waals surface area contributed by atoms with Crippen LogP contribution in [0.5, 0.6) is 5.75 Å². The van der Waals surface area contributed by atoms with E-state index in [1.54, 1.807) is 19.1 Å². The Balaban J connectivity index is 1.72. The number of carbonyl (C=O) groups is 2. The summed E-state index contributed by atoms with van der Waals surface area (Å²) in [7, 11) is 3.46. The number of rotatable bonds is 4. The summed E-state index contributed by atoms with van der Waals surface area (Å²) in [4.78, 5) is 33.6. The van der Waals surface area contributed by atoms with E-state index in [2.05, 4.69) is 35.0 Å². The summed E-state index contributed by atoms with van der Waals surface area (Å²) in [5.74, 6) is 1.08. The fourth-order valence-electron chi connectivity index (χ4n) is 4.86. The smallest absolute Gasteiger partial charge is 0.327 e. The van der Waals surface area contributed by atoms with E-state index < -0.39 is 0 Å². The van der Waals surface area contributed by atoms with Crippen LogP contribution in [-0.2, 0) is 4.79 Å². The van der Waals surface area contributed by atoms with Gasteiger partial charge >= 0.3 is 6.03 Å². The largest absolute Gasteiger partial charge is 0.495 e. The van der Waals surface area contributed by atoms with Crippen LogP contribution < -0.4 is 15.0 Å². The Kier molecular flexibility index (Phi) is 5.16. The number of methoxy groups -OCH3 is 1. The molecule has 1 aromatic rings. The van der Waals surface area contributed by atoms with Gasteiger partial charge in [0.05, 0.1) is 12.8 Å². The molecular weight excluding hydrogens is 370 g/mol. The second-order valence-electron chi connectivity index (χ2n) is 8.44. The Bertz CT molecular complexity index is 816. The van der Waals surface area contributed by atoms with Crippen LogP contribution in [0.4, 0.5) is 10.5 Å². The molecule has 3 fully saturated rings. The summed E-state index contributed by atoms with van der Waals surface area (Å²) in [6, 6.07) is 5.54. The van der Waals surface area contributed by atoms with Gasteiger partial charge in [-0.15, -0.1) is 0 Å². The van der Waals surface area contributed by atoms with Crippen molar-refractivity contribution in [2.45, 2.75) is 45.7 Å². The lowest BCUT2D eigenvalue weighted by molar-refractivity contribution is -0.138. The molecule has 3 heterocycles. The van der Waals surface area contributed by atoms with E-state index in [0.29, 0.717) is 12.5 Å². The Labute approximate surface area is 172 Å². The molecule has 4 rings (SSSR count). The Hall–Kier alpha value is -2.32. The van der Waals surface area contributed by atoms with Crippen LogP contribution >= 0.6 is 0 Å². The van der Waals surface area contributed by atoms with Gasteiger partial charge in [-0.05, 0) is 37.0 Å². The minimum absolute atomic E-state index is 0.0970. The van der Waals surface area contributed by atoms with Crippen LogP contribution in [0.15, 0.2) is 18.2 Å². The maximum absolute atomic E-state index is 13.3. The second kappa shape index (κ2) is 7.50. The number of amides is 3. The molecule has 3 aliphatic heterocycles. The molecule has 0 saturated carbocycles. The Morgan fingerprint density at radius 3 is 2.69 bits per heavy atom. The minimum atomic E-state index is -0.379. The summed E-state index contributed by atoms with van der Waals surface area (Å²) in [5, 5.41) is 3.56. The van der Waals surface area contributed by atoms with Crippen molar-refractivity contribution in [2.24, 2.45) is 5.92 Å². The number of hydrogen-bond donors (Lipinski definition) is 1. The third kappa shape index (κ3) is 3.14. The first-order chi connectivity index (χ1) is 13.9. The molecule has 0 aliphatic carbocycles. The molecule has 158 valence electrons. The van der Waals surface area contributed by atoms with Gasteiger partial charge in [0.15, 0.2) is 0 Å². The number of benzene rings is 1. The third-order valence-corrected chi connectivity index (χ3v) is 6.18. The zero-order chi connectivity index (χ0) is 20.9.